The molecule has 2 aromatic carbocycles. The fourth-order valence-corrected chi connectivity index (χ4v) is 3.01. The summed E-state index contributed by atoms with van der Waals surface area (Å²) in [4.78, 5) is 11.9. The molecule has 0 saturated carbocycles. The number of rotatable bonds is 6. The highest BCUT2D eigenvalue weighted by atomic mass is 32.2. The van der Waals surface area contributed by atoms with Crippen LogP contribution in [0.4, 0.5) is 5.69 Å². The van der Waals surface area contributed by atoms with E-state index in [-0.39, 0.29) is 28.5 Å². The molecule has 0 radical (unpaired) electrons. The van der Waals surface area contributed by atoms with Crippen molar-refractivity contribution < 1.29 is 22.7 Å². The highest BCUT2D eigenvalue weighted by Crippen LogP contribution is 2.28. The minimum atomic E-state index is -3.74. The molecule has 0 spiro atoms. The molecular formula is C16H17NO5S. The zero-order chi connectivity index (χ0) is 16.9. The molecule has 0 heterocycles. The third-order valence-corrected chi connectivity index (χ3v) is 4.39. The average molecular weight is 335 g/mol. The molecule has 0 saturated heterocycles. The molecule has 0 aliphatic rings. The van der Waals surface area contributed by atoms with Gasteiger partial charge in [-0.25, -0.2) is 13.2 Å². The van der Waals surface area contributed by atoms with Crippen molar-refractivity contribution in [2.75, 3.05) is 18.4 Å². The molecule has 0 unspecified atom stereocenters. The Bertz CT molecular complexity index is 787. The van der Waals surface area contributed by atoms with E-state index in [0.717, 1.165) is 0 Å². The van der Waals surface area contributed by atoms with Crippen LogP contribution in [-0.4, -0.2) is 28.1 Å². The number of ether oxygens (including phenoxy) is 2. The minimum absolute atomic E-state index is 0.136. The van der Waals surface area contributed by atoms with Crippen LogP contribution in [0.3, 0.4) is 0 Å². The van der Waals surface area contributed by atoms with Gasteiger partial charge in [-0.15, -0.1) is 0 Å². The molecule has 0 aromatic heterocycles. The van der Waals surface area contributed by atoms with E-state index >= 15 is 0 Å². The van der Waals surface area contributed by atoms with Crippen molar-refractivity contribution in [3.05, 3.63) is 54.1 Å². The fraction of sp³-hybridized carbons (Fsp3) is 0.188. The summed E-state index contributed by atoms with van der Waals surface area (Å²) in [5.74, 6) is -0.265. The van der Waals surface area contributed by atoms with Gasteiger partial charge in [0.05, 0.1) is 29.9 Å². The van der Waals surface area contributed by atoms with Gasteiger partial charge in [0, 0.05) is 0 Å². The number of methoxy groups -OCH3 is 1. The summed E-state index contributed by atoms with van der Waals surface area (Å²) >= 11 is 0. The predicted octanol–water partition coefficient (Wildman–Crippen LogP) is 2.67. The number of hydrogen-bond donors (Lipinski definition) is 1. The molecule has 122 valence electrons. The summed E-state index contributed by atoms with van der Waals surface area (Å²) in [5, 5.41) is 0. The van der Waals surface area contributed by atoms with Gasteiger partial charge in [-0.3, -0.25) is 4.72 Å². The van der Waals surface area contributed by atoms with Gasteiger partial charge in [0.1, 0.15) is 5.75 Å². The van der Waals surface area contributed by atoms with Crippen molar-refractivity contribution >= 4 is 21.7 Å². The molecule has 0 fully saturated rings. The normalized spacial score (nSPS) is 10.9. The largest absolute Gasteiger partial charge is 0.495 e. The average Bonchev–Trinajstić information content (AvgIpc) is 2.56. The molecular weight excluding hydrogens is 318 g/mol. The first-order chi connectivity index (χ1) is 11.0. The van der Waals surface area contributed by atoms with Crippen molar-refractivity contribution in [3.8, 4) is 5.75 Å². The van der Waals surface area contributed by atoms with E-state index < -0.39 is 16.0 Å². The molecule has 6 nitrogen and oxygen atoms in total. The van der Waals surface area contributed by atoms with Gasteiger partial charge in [0.2, 0.25) is 0 Å². The molecule has 2 aromatic rings. The first kappa shape index (κ1) is 16.8. The Hall–Kier alpha value is -2.54. The highest BCUT2D eigenvalue weighted by molar-refractivity contribution is 7.92. The molecule has 23 heavy (non-hydrogen) atoms. The summed E-state index contributed by atoms with van der Waals surface area (Å²) < 4.78 is 37.2. The summed E-state index contributed by atoms with van der Waals surface area (Å²) in [6.45, 7) is 1.96. The Morgan fingerprint density at radius 3 is 2.43 bits per heavy atom. The Labute approximate surface area is 135 Å². The number of sulfonamides is 1. The van der Waals surface area contributed by atoms with Crippen molar-refractivity contribution in [1.82, 2.24) is 0 Å². The maximum Gasteiger partial charge on any atom is 0.338 e. The van der Waals surface area contributed by atoms with Gasteiger partial charge in [0.15, 0.2) is 0 Å². The Balaban J connectivity index is 2.32. The molecule has 7 heteroatoms. The molecule has 2 rings (SSSR count). The van der Waals surface area contributed by atoms with Crippen LogP contribution in [0.25, 0.3) is 0 Å². The van der Waals surface area contributed by atoms with Crippen LogP contribution in [-0.2, 0) is 14.8 Å². The van der Waals surface area contributed by atoms with Crippen LogP contribution in [0.5, 0.6) is 5.75 Å². The lowest BCUT2D eigenvalue weighted by atomic mass is 10.2. The van der Waals surface area contributed by atoms with Crippen molar-refractivity contribution in [2.24, 2.45) is 0 Å². The monoisotopic (exact) mass is 335 g/mol. The first-order valence-corrected chi connectivity index (χ1v) is 8.39. The second kappa shape index (κ2) is 7.15. The second-order valence-electron chi connectivity index (χ2n) is 4.55. The molecule has 0 aliphatic heterocycles. The summed E-state index contributed by atoms with van der Waals surface area (Å²) in [7, 11) is -2.34. The lowest BCUT2D eigenvalue weighted by Crippen LogP contribution is -2.14. The van der Waals surface area contributed by atoms with Crippen LogP contribution >= 0.6 is 0 Å². The summed E-state index contributed by atoms with van der Waals surface area (Å²) in [6, 6.07) is 12.3. The predicted molar refractivity (Wildman–Crippen MR) is 86.2 cm³/mol. The minimum Gasteiger partial charge on any atom is -0.495 e. The SMILES string of the molecule is CCOC(=O)c1ccc(NS(=O)(=O)c2ccccc2)c(OC)c1. The standard InChI is InChI=1S/C16H17NO5S/c1-3-22-16(18)12-9-10-14(15(11-12)21-2)17-23(19,20)13-7-5-4-6-8-13/h4-11,17H,3H2,1-2H3. The number of esters is 1. The van der Waals surface area contributed by atoms with Crippen LogP contribution < -0.4 is 9.46 Å². The van der Waals surface area contributed by atoms with E-state index in [2.05, 4.69) is 4.72 Å². The van der Waals surface area contributed by atoms with E-state index in [1.165, 1.54) is 37.4 Å². The fourth-order valence-electron chi connectivity index (χ4n) is 1.92. The maximum atomic E-state index is 12.3. The molecule has 0 atom stereocenters. The van der Waals surface area contributed by atoms with Crippen molar-refractivity contribution in [1.29, 1.82) is 0 Å². The molecule has 0 amide bonds. The van der Waals surface area contributed by atoms with Crippen molar-refractivity contribution in [3.63, 3.8) is 0 Å². The number of benzene rings is 2. The number of nitrogens with one attached hydrogen (secondary N) is 1. The van der Waals surface area contributed by atoms with Crippen LogP contribution in [0.1, 0.15) is 17.3 Å². The second-order valence-corrected chi connectivity index (χ2v) is 6.24. The van der Waals surface area contributed by atoms with Gasteiger partial charge >= 0.3 is 5.97 Å². The summed E-state index contributed by atoms with van der Waals surface area (Å²) in [6.07, 6.45) is 0. The van der Waals surface area contributed by atoms with E-state index in [0.29, 0.717) is 0 Å². The van der Waals surface area contributed by atoms with Crippen LogP contribution in [0, 0.1) is 0 Å². The smallest absolute Gasteiger partial charge is 0.338 e. The molecule has 0 bridgehead atoms. The van der Waals surface area contributed by atoms with Gasteiger partial charge in [-0.2, -0.15) is 0 Å². The van der Waals surface area contributed by atoms with Gasteiger partial charge in [0.25, 0.3) is 10.0 Å². The topological polar surface area (TPSA) is 81.7 Å². The first-order valence-electron chi connectivity index (χ1n) is 6.91. The maximum absolute atomic E-state index is 12.3. The van der Waals surface area contributed by atoms with Gasteiger partial charge in [-0.05, 0) is 37.3 Å². The van der Waals surface area contributed by atoms with Crippen LogP contribution in [0.15, 0.2) is 53.4 Å². The molecule has 1 N–H and O–H groups in total. The Kier molecular flexibility index (Phi) is 5.23. The number of carbonyl (C=O) groups is 1. The third-order valence-electron chi connectivity index (χ3n) is 3.01. The molecule has 0 aliphatic carbocycles. The Morgan fingerprint density at radius 1 is 1.13 bits per heavy atom. The van der Waals surface area contributed by atoms with E-state index in [1.807, 2.05) is 0 Å². The van der Waals surface area contributed by atoms with Gasteiger partial charge < -0.3 is 9.47 Å². The highest BCUT2D eigenvalue weighted by Gasteiger charge is 2.17. The number of hydrogen-bond acceptors (Lipinski definition) is 5. The zero-order valence-corrected chi connectivity index (χ0v) is 13.6. The van der Waals surface area contributed by atoms with E-state index in [1.54, 1.807) is 25.1 Å². The number of carbonyl (C=O) groups excluding carboxylic acids is 1. The van der Waals surface area contributed by atoms with E-state index in [9.17, 15) is 13.2 Å². The van der Waals surface area contributed by atoms with E-state index in [4.69, 9.17) is 9.47 Å². The Morgan fingerprint density at radius 2 is 1.83 bits per heavy atom. The lowest BCUT2D eigenvalue weighted by Gasteiger charge is -2.13. The lowest BCUT2D eigenvalue weighted by molar-refractivity contribution is 0.0526. The van der Waals surface area contributed by atoms with Crippen LogP contribution in [0.2, 0.25) is 0 Å². The zero-order valence-electron chi connectivity index (χ0n) is 12.8. The number of anilines is 1. The quantitative estimate of drug-likeness (QED) is 0.821. The summed E-state index contributed by atoms with van der Waals surface area (Å²) in [5.41, 5.74) is 0.524. The van der Waals surface area contributed by atoms with Gasteiger partial charge in [-0.1, -0.05) is 18.2 Å². The third kappa shape index (κ3) is 4.01. The van der Waals surface area contributed by atoms with Crippen molar-refractivity contribution in [2.45, 2.75) is 11.8 Å².